The van der Waals surface area contributed by atoms with Crippen molar-refractivity contribution in [2.45, 2.75) is 83.4 Å². The van der Waals surface area contributed by atoms with Crippen LogP contribution in [0, 0.1) is 5.92 Å². The average Bonchev–Trinajstić information content (AvgIpc) is 2.65. The van der Waals surface area contributed by atoms with E-state index in [2.05, 4.69) is 10.6 Å². The summed E-state index contributed by atoms with van der Waals surface area (Å²) in [5.74, 6) is 0.317. The number of nitrogen functional groups attached to an aromatic ring is 1. The molecule has 3 rings (SSSR count). The van der Waals surface area contributed by atoms with Crippen LogP contribution in [0.4, 0.5) is 21.9 Å². The molecule has 0 unspecified atom stereocenters. The smallest absolute Gasteiger partial charge is 0.407 e. The van der Waals surface area contributed by atoms with Crippen molar-refractivity contribution in [3.05, 3.63) is 18.2 Å². The maximum absolute atomic E-state index is 12.8. The van der Waals surface area contributed by atoms with Crippen molar-refractivity contribution in [3.8, 4) is 0 Å². The maximum Gasteiger partial charge on any atom is 0.407 e. The number of nitrogens with zero attached hydrogens (tertiary/aromatic N) is 1. The number of benzene rings is 1. The second-order valence-electron chi connectivity index (χ2n) is 9.66. The van der Waals surface area contributed by atoms with Gasteiger partial charge in [-0.2, -0.15) is 13.5 Å². The Bertz CT molecular complexity index is 769. The summed E-state index contributed by atoms with van der Waals surface area (Å²) < 4.78 is 5.29. The summed E-state index contributed by atoms with van der Waals surface area (Å²) in [5.41, 5.74) is 8.08. The Morgan fingerprint density at radius 2 is 1.74 bits per heavy atom. The molecular weight excluding hydrogens is 412 g/mol. The average molecular weight is 451 g/mol. The molecule has 1 aromatic rings. The first-order valence-corrected chi connectivity index (χ1v) is 11.1. The molecule has 0 atom stereocenters. The number of anilines is 3. The van der Waals surface area contributed by atoms with Crippen LogP contribution in [0.25, 0.3) is 0 Å². The van der Waals surface area contributed by atoms with E-state index in [0.29, 0.717) is 5.69 Å². The van der Waals surface area contributed by atoms with Crippen molar-refractivity contribution in [1.82, 2.24) is 5.32 Å². The van der Waals surface area contributed by atoms with Crippen LogP contribution in [0.5, 0.6) is 0 Å². The molecule has 1 aromatic carbocycles. The fourth-order valence-corrected chi connectivity index (χ4v) is 4.19. The van der Waals surface area contributed by atoms with Gasteiger partial charge in [0.1, 0.15) is 5.60 Å². The molecule has 2 amide bonds. The number of hydrogen-bond donors (Lipinski definition) is 3. The zero-order chi connectivity index (χ0) is 21.9. The van der Waals surface area contributed by atoms with E-state index in [1.807, 2.05) is 46.0 Å². The van der Waals surface area contributed by atoms with E-state index in [4.69, 9.17) is 10.5 Å². The monoisotopic (exact) mass is 450 g/mol. The summed E-state index contributed by atoms with van der Waals surface area (Å²) in [6, 6.07) is 6.09. The lowest BCUT2D eigenvalue weighted by Gasteiger charge is -2.37. The lowest BCUT2D eigenvalue weighted by molar-refractivity contribution is -0.123. The first kappa shape index (κ1) is 25.2. The fraction of sp³-hybridized carbons (Fsp3) is 0.652. The van der Waals surface area contributed by atoms with E-state index < -0.39 is 5.60 Å². The maximum atomic E-state index is 12.8. The van der Waals surface area contributed by atoms with Gasteiger partial charge in [-0.15, -0.1) is 0 Å². The van der Waals surface area contributed by atoms with E-state index in [-0.39, 0.29) is 43.5 Å². The van der Waals surface area contributed by atoms with E-state index in [1.54, 1.807) is 4.90 Å². The van der Waals surface area contributed by atoms with Gasteiger partial charge in [0.15, 0.2) is 0 Å². The van der Waals surface area contributed by atoms with E-state index >= 15 is 0 Å². The van der Waals surface area contributed by atoms with Crippen LogP contribution in [0.15, 0.2) is 18.2 Å². The molecular formula is C23H38N4O3S. The van der Waals surface area contributed by atoms with Crippen LogP contribution in [0.3, 0.4) is 0 Å². The van der Waals surface area contributed by atoms with Crippen molar-refractivity contribution in [3.63, 3.8) is 0 Å². The molecule has 0 spiro atoms. The summed E-state index contributed by atoms with van der Waals surface area (Å²) >= 11 is 0. The summed E-state index contributed by atoms with van der Waals surface area (Å²) in [5, 5.41) is 6.33. The Morgan fingerprint density at radius 3 is 2.32 bits per heavy atom. The largest absolute Gasteiger partial charge is 0.444 e. The van der Waals surface area contributed by atoms with Crippen LogP contribution >= 0.6 is 13.5 Å². The Balaban J connectivity index is 0.00000341. The molecule has 2 fully saturated rings. The van der Waals surface area contributed by atoms with Crippen molar-refractivity contribution in [1.29, 1.82) is 0 Å². The normalized spacial score (nSPS) is 21.3. The first-order chi connectivity index (χ1) is 14.1. The molecule has 8 heteroatoms. The molecule has 0 bridgehead atoms. The summed E-state index contributed by atoms with van der Waals surface area (Å²) in [6.07, 6.45) is 6.75. The minimum atomic E-state index is -0.493. The molecule has 0 aromatic heterocycles. The molecule has 2 aliphatic rings. The summed E-state index contributed by atoms with van der Waals surface area (Å²) in [6.45, 7) is 5.55. The lowest BCUT2D eigenvalue weighted by Crippen LogP contribution is -2.50. The predicted molar refractivity (Wildman–Crippen MR) is 131 cm³/mol. The molecule has 4 N–H and O–H groups in total. The highest BCUT2D eigenvalue weighted by molar-refractivity contribution is 7.59. The van der Waals surface area contributed by atoms with Crippen LogP contribution in [-0.2, 0) is 9.53 Å². The van der Waals surface area contributed by atoms with Crippen LogP contribution in [0.1, 0.15) is 65.7 Å². The molecule has 0 radical (unpaired) electrons. The zero-order valence-corrected chi connectivity index (χ0v) is 20.2. The van der Waals surface area contributed by atoms with Gasteiger partial charge in [0.2, 0.25) is 5.91 Å². The van der Waals surface area contributed by atoms with Gasteiger partial charge in [-0.25, -0.2) is 4.79 Å². The third-order valence-corrected chi connectivity index (χ3v) is 5.93. The standard InChI is InChI=1S/C23H36N4O3.H2S/c1-23(2,3)30-22(29)26-17-12-16(13-17)25-20-11-10-18(14-19(20)24)27(4)21(28)15-8-6-5-7-9-15;/h10-11,14-17,25H,5-9,12-13,24H2,1-4H3,(H,26,29);1H2. The van der Waals surface area contributed by atoms with Gasteiger partial charge >= 0.3 is 6.09 Å². The molecule has 0 aliphatic heterocycles. The highest BCUT2D eigenvalue weighted by atomic mass is 32.1. The SMILES string of the molecule is CN(C(=O)C1CCCCC1)c1ccc(NC2CC(NC(=O)OC(C)(C)C)C2)c(N)c1.S. The van der Waals surface area contributed by atoms with Crippen molar-refractivity contribution in [2.24, 2.45) is 5.92 Å². The van der Waals surface area contributed by atoms with Crippen molar-refractivity contribution >= 4 is 42.6 Å². The minimum Gasteiger partial charge on any atom is -0.444 e. The molecule has 174 valence electrons. The second-order valence-corrected chi connectivity index (χ2v) is 9.66. The Labute approximate surface area is 192 Å². The molecule has 2 saturated carbocycles. The summed E-state index contributed by atoms with van der Waals surface area (Å²) in [4.78, 5) is 26.3. The van der Waals surface area contributed by atoms with Gasteiger partial charge in [-0.3, -0.25) is 4.79 Å². The van der Waals surface area contributed by atoms with Gasteiger partial charge in [-0.1, -0.05) is 19.3 Å². The van der Waals surface area contributed by atoms with Gasteiger partial charge in [0.25, 0.3) is 0 Å². The zero-order valence-electron chi connectivity index (χ0n) is 19.2. The topological polar surface area (TPSA) is 96.7 Å². The van der Waals surface area contributed by atoms with Gasteiger partial charge in [0.05, 0.1) is 11.4 Å². The van der Waals surface area contributed by atoms with Gasteiger partial charge < -0.3 is 26.0 Å². The summed E-state index contributed by atoms with van der Waals surface area (Å²) in [7, 11) is 1.83. The molecule has 0 heterocycles. The molecule has 2 aliphatic carbocycles. The van der Waals surface area contributed by atoms with E-state index in [0.717, 1.165) is 49.9 Å². The van der Waals surface area contributed by atoms with Crippen molar-refractivity contribution < 1.29 is 14.3 Å². The van der Waals surface area contributed by atoms with E-state index in [1.165, 1.54) is 6.42 Å². The number of nitrogens with one attached hydrogen (secondary N) is 2. The number of carbonyl (C=O) groups excluding carboxylic acids is 2. The van der Waals surface area contributed by atoms with Crippen LogP contribution in [0.2, 0.25) is 0 Å². The second kappa shape index (κ2) is 10.5. The highest BCUT2D eigenvalue weighted by Gasteiger charge is 2.32. The number of ether oxygens (including phenoxy) is 1. The Morgan fingerprint density at radius 1 is 1.10 bits per heavy atom. The van der Waals surface area contributed by atoms with Gasteiger partial charge in [-0.05, 0) is 64.7 Å². The Hall–Kier alpha value is -2.09. The first-order valence-electron chi connectivity index (χ1n) is 11.1. The third-order valence-electron chi connectivity index (χ3n) is 5.93. The van der Waals surface area contributed by atoms with E-state index in [9.17, 15) is 9.59 Å². The minimum absolute atomic E-state index is 0. The van der Waals surface area contributed by atoms with Crippen molar-refractivity contribution in [2.75, 3.05) is 23.0 Å². The van der Waals surface area contributed by atoms with Crippen LogP contribution in [-0.4, -0.2) is 36.7 Å². The van der Waals surface area contributed by atoms with Crippen LogP contribution < -0.4 is 21.3 Å². The number of alkyl carbamates (subject to hydrolysis) is 1. The van der Waals surface area contributed by atoms with Gasteiger partial charge in [0, 0.05) is 30.7 Å². The third kappa shape index (κ3) is 6.95. The highest BCUT2D eigenvalue weighted by Crippen LogP contribution is 2.32. The number of amides is 2. The quantitative estimate of drug-likeness (QED) is 0.578. The number of carbonyl (C=O) groups is 2. The molecule has 0 saturated heterocycles. The fourth-order valence-electron chi connectivity index (χ4n) is 4.19. The molecule has 31 heavy (non-hydrogen) atoms. The predicted octanol–water partition coefficient (Wildman–Crippen LogP) is 4.39. The number of rotatable bonds is 5. The Kier molecular flexibility index (Phi) is 8.51. The lowest BCUT2D eigenvalue weighted by atomic mass is 9.86. The number of hydrogen-bond acceptors (Lipinski definition) is 5. The number of nitrogens with two attached hydrogens (primary N) is 1. The molecule has 7 nitrogen and oxygen atoms in total.